The van der Waals surface area contributed by atoms with E-state index in [-0.39, 0.29) is 4.90 Å². The van der Waals surface area contributed by atoms with Crippen molar-refractivity contribution in [1.29, 1.82) is 0 Å². The second kappa shape index (κ2) is 9.69. The van der Waals surface area contributed by atoms with E-state index in [4.69, 9.17) is 4.55 Å². The summed E-state index contributed by atoms with van der Waals surface area (Å²) in [5.74, 6) is 0. The van der Waals surface area contributed by atoms with E-state index in [1.807, 2.05) is 0 Å². The molecule has 0 spiro atoms. The van der Waals surface area contributed by atoms with Crippen LogP contribution in [0.15, 0.2) is 35.5 Å². The maximum absolute atomic E-state index is 10.8. The van der Waals surface area contributed by atoms with E-state index >= 15 is 0 Å². The molecule has 1 aromatic carbocycles. The predicted octanol–water partition coefficient (Wildman–Crippen LogP) is 3.79. The quantitative estimate of drug-likeness (QED) is 0.622. The number of hydrogen-bond acceptors (Lipinski definition) is 4. The smallest absolute Gasteiger partial charge is 0.294 e. The lowest BCUT2D eigenvalue weighted by Crippen LogP contribution is -2.23. The molecular weight excluding hydrogens is 324 g/mol. The van der Waals surface area contributed by atoms with Crippen LogP contribution in [0.3, 0.4) is 0 Å². The van der Waals surface area contributed by atoms with Crippen LogP contribution in [-0.4, -0.2) is 43.0 Å². The van der Waals surface area contributed by atoms with Gasteiger partial charge in [0, 0.05) is 26.0 Å². The first-order chi connectivity index (χ1) is 11.3. The van der Waals surface area contributed by atoms with Gasteiger partial charge in [0.05, 0.1) is 11.6 Å². The van der Waals surface area contributed by atoms with Gasteiger partial charge in [-0.05, 0) is 37.5 Å². The van der Waals surface area contributed by atoms with Crippen LogP contribution in [0.5, 0.6) is 0 Å². The molecule has 0 bridgehead atoms. The van der Waals surface area contributed by atoms with E-state index < -0.39 is 10.1 Å². The average molecular weight is 355 g/mol. The van der Waals surface area contributed by atoms with Crippen molar-refractivity contribution in [1.82, 2.24) is 9.80 Å². The number of hydrogen-bond donors (Lipinski definition) is 1. The number of rotatable bonds is 6. The predicted molar refractivity (Wildman–Crippen MR) is 98.3 cm³/mol. The van der Waals surface area contributed by atoms with Gasteiger partial charge in [0.1, 0.15) is 0 Å². The third-order valence-electron chi connectivity index (χ3n) is 4.07. The number of benzene rings is 1. The Balaban J connectivity index is 0.000000240. The topological polar surface area (TPSA) is 60.9 Å². The summed E-state index contributed by atoms with van der Waals surface area (Å²) in [6, 6.07) is 4.78. The zero-order valence-electron chi connectivity index (χ0n) is 15.2. The van der Waals surface area contributed by atoms with Crippen molar-refractivity contribution < 1.29 is 13.0 Å². The molecule has 0 amide bonds. The molecule has 1 aliphatic heterocycles. The van der Waals surface area contributed by atoms with Crippen molar-refractivity contribution in [3.8, 4) is 0 Å². The van der Waals surface area contributed by atoms with E-state index in [0.29, 0.717) is 5.56 Å². The summed E-state index contributed by atoms with van der Waals surface area (Å²) in [5.41, 5.74) is 1.45. The third-order valence-corrected chi connectivity index (χ3v) is 5.07. The Hall–Kier alpha value is -1.53. The number of unbranched alkanes of at least 4 members (excludes halogenated alkanes) is 3. The molecule has 5 nitrogen and oxygen atoms in total. The largest absolute Gasteiger partial charge is 0.362 e. The van der Waals surface area contributed by atoms with Gasteiger partial charge in [-0.25, -0.2) is 0 Å². The van der Waals surface area contributed by atoms with Gasteiger partial charge in [-0.15, -0.1) is 0 Å². The SMILES string of the molecule is CCCCCCN1C=CN(C)C1.Cc1cccc(S(=O)(=O)O)c1C. The summed E-state index contributed by atoms with van der Waals surface area (Å²) in [6.45, 7) is 8.01. The van der Waals surface area contributed by atoms with Gasteiger partial charge >= 0.3 is 0 Å². The molecule has 0 aromatic heterocycles. The Kier molecular flexibility index (Phi) is 8.28. The third kappa shape index (κ3) is 6.93. The van der Waals surface area contributed by atoms with Gasteiger partial charge < -0.3 is 9.80 Å². The normalized spacial score (nSPS) is 13.9. The molecule has 6 heteroatoms. The molecule has 0 saturated carbocycles. The number of aryl methyl sites for hydroxylation is 1. The summed E-state index contributed by atoms with van der Waals surface area (Å²) in [5, 5.41) is 0. The molecule has 0 unspecified atom stereocenters. The van der Waals surface area contributed by atoms with Gasteiger partial charge in [-0.1, -0.05) is 38.3 Å². The molecule has 0 fully saturated rings. The summed E-state index contributed by atoms with van der Waals surface area (Å²) >= 11 is 0. The van der Waals surface area contributed by atoms with Crippen LogP contribution < -0.4 is 0 Å². The molecule has 1 N–H and O–H groups in total. The standard InChI is InChI=1S/C10H20N2.C8H10O3S/c1-3-4-5-6-7-12-9-8-11(2)10-12;1-6-4-3-5-8(7(6)2)12(9,10)11/h8-9H,3-7,10H2,1-2H3;3-5H,1-2H3,(H,9,10,11). The molecule has 1 heterocycles. The highest BCUT2D eigenvalue weighted by Gasteiger charge is 2.12. The van der Waals surface area contributed by atoms with Gasteiger partial charge in [0.25, 0.3) is 10.1 Å². The second-order valence-electron chi connectivity index (χ2n) is 6.24. The van der Waals surface area contributed by atoms with Crippen molar-refractivity contribution >= 4 is 10.1 Å². The minimum Gasteiger partial charge on any atom is -0.362 e. The monoisotopic (exact) mass is 354 g/mol. The van der Waals surface area contributed by atoms with Crippen LogP contribution in [0.1, 0.15) is 43.7 Å². The van der Waals surface area contributed by atoms with Crippen molar-refractivity contribution in [3.63, 3.8) is 0 Å². The molecule has 0 radical (unpaired) electrons. The first-order valence-electron chi connectivity index (χ1n) is 8.42. The average Bonchev–Trinajstić information content (AvgIpc) is 2.91. The molecule has 1 aliphatic rings. The molecule has 24 heavy (non-hydrogen) atoms. The van der Waals surface area contributed by atoms with Gasteiger partial charge in [-0.3, -0.25) is 4.55 Å². The molecule has 136 valence electrons. The Labute approximate surface area is 146 Å². The second-order valence-corrected chi connectivity index (χ2v) is 7.63. The van der Waals surface area contributed by atoms with Crippen molar-refractivity contribution in [2.24, 2.45) is 0 Å². The maximum Gasteiger partial charge on any atom is 0.294 e. The van der Waals surface area contributed by atoms with Crippen molar-refractivity contribution in [3.05, 3.63) is 41.7 Å². The molecule has 2 rings (SSSR count). The highest BCUT2D eigenvalue weighted by atomic mass is 32.2. The van der Waals surface area contributed by atoms with Crippen LogP contribution in [-0.2, 0) is 10.1 Å². The lowest BCUT2D eigenvalue weighted by atomic mass is 10.1. The summed E-state index contributed by atoms with van der Waals surface area (Å²) in [7, 11) is -1.94. The van der Waals surface area contributed by atoms with Crippen LogP contribution in [0, 0.1) is 13.8 Å². The van der Waals surface area contributed by atoms with Gasteiger partial charge in [0.2, 0.25) is 0 Å². The minimum absolute atomic E-state index is 0.0116. The van der Waals surface area contributed by atoms with Crippen molar-refractivity contribution in [2.45, 2.75) is 51.3 Å². The van der Waals surface area contributed by atoms with Gasteiger partial charge in [0.15, 0.2) is 0 Å². The maximum atomic E-state index is 10.8. The minimum atomic E-state index is -4.06. The summed E-state index contributed by atoms with van der Waals surface area (Å²) in [6.07, 6.45) is 9.76. The summed E-state index contributed by atoms with van der Waals surface area (Å²) < 4.78 is 30.3. The summed E-state index contributed by atoms with van der Waals surface area (Å²) in [4.78, 5) is 4.57. The van der Waals surface area contributed by atoms with E-state index in [2.05, 4.69) is 36.2 Å². The fraction of sp³-hybridized carbons (Fsp3) is 0.556. The van der Waals surface area contributed by atoms with E-state index in [1.54, 1.807) is 26.0 Å². The Morgan fingerprint density at radius 3 is 2.33 bits per heavy atom. The molecular formula is C18H30N2O3S. The zero-order chi connectivity index (χ0) is 18.2. The first-order valence-corrected chi connectivity index (χ1v) is 9.86. The lowest BCUT2D eigenvalue weighted by molar-refractivity contribution is 0.291. The highest BCUT2D eigenvalue weighted by molar-refractivity contribution is 7.85. The van der Waals surface area contributed by atoms with Crippen LogP contribution in [0.25, 0.3) is 0 Å². The van der Waals surface area contributed by atoms with E-state index in [9.17, 15) is 8.42 Å². The molecule has 0 saturated heterocycles. The highest BCUT2D eigenvalue weighted by Crippen LogP contribution is 2.17. The fourth-order valence-electron chi connectivity index (χ4n) is 2.48. The van der Waals surface area contributed by atoms with Gasteiger partial charge in [-0.2, -0.15) is 8.42 Å². The molecule has 0 atom stereocenters. The fourth-order valence-corrected chi connectivity index (χ4v) is 3.28. The first kappa shape index (κ1) is 20.5. The lowest BCUT2D eigenvalue weighted by Gasteiger charge is -2.17. The van der Waals surface area contributed by atoms with E-state index in [1.165, 1.54) is 38.3 Å². The Bertz CT molecular complexity index is 642. The zero-order valence-corrected chi connectivity index (χ0v) is 16.0. The Morgan fingerprint density at radius 1 is 1.12 bits per heavy atom. The molecule has 1 aromatic rings. The molecule has 0 aliphatic carbocycles. The van der Waals surface area contributed by atoms with Crippen LogP contribution >= 0.6 is 0 Å². The van der Waals surface area contributed by atoms with Crippen LogP contribution in [0.2, 0.25) is 0 Å². The number of nitrogens with zero attached hydrogens (tertiary/aromatic N) is 2. The van der Waals surface area contributed by atoms with Crippen molar-refractivity contribution in [2.75, 3.05) is 20.3 Å². The van der Waals surface area contributed by atoms with E-state index in [0.717, 1.165) is 12.2 Å². The van der Waals surface area contributed by atoms with Crippen LogP contribution in [0.4, 0.5) is 0 Å². The Morgan fingerprint density at radius 2 is 1.83 bits per heavy atom.